The fourth-order valence-corrected chi connectivity index (χ4v) is 7.86. The number of unbranched alkanes of at least 4 members (excludes halogenated alkanes) is 2. The molecular formula is C20H42NO2P. The summed E-state index contributed by atoms with van der Waals surface area (Å²) in [4.78, 5) is 0. The molecule has 0 aromatic rings. The number of hydrogen-bond donors (Lipinski definition) is 0. The van der Waals surface area contributed by atoms with E-state index in [1.807, 2.05) is 0 Å². The molecule has 2 atom stereocenters. The zero-order chi connectivity index (χ0) is 17.8. The van der Waals surface area contributed by atoms with E-state index >= 15 is 0 Å². The third-order valence-electron chi connectivity index (χ3n) is 5.68. The fraction of sp³-hybridized carbons (Fsp3) is 1.00. The molecule has 0 N–H and O–H groups in total. The Morgan fingerprint density at radius 3 is 1.71 bits per heavy atom. The minimum absolute atomic E-state index is 0.627. The molecule has 1 fully saturated rings. The Labute approximate surface area is 151 Å². The lowest BCUT2D eigenvalue weighted by Crippen LogP contribution is -2.37. The number of morpholine rings is 1. The van der Waals surface area contributed by atoms with Gasteiger partial charge in [0, 0.05) is 25.4 Å². The van der Waals surface area contributed by atoms with E-state index in [0.29, 0.717) is 11.8 Å². The van der Waals surface area contributed by atoms with Crippen molar-refractivity contribution in [1.29, 1.82) is 0 Å². The predicted molar refractivity (Wildman–Crippen MR) is 106 cm³/mol. The van der Waals surface area contributed by atoms with Crippen molar-refractivity contribution in [2.45, 2.75) is 79.1 Å². The van der Waals surface area contributed by atoms with Crippen molar-refractivity contribution in [1.82, 2.24) is 4.67 Å². The molecule has 0 saturated carbocycles. The van der Waals surface area contributed by atoms with Crippen LogP contribution in [0.2, 0.25) is 0 Å². The topological polar surface area (TPSA) is 29.5 Å². The first-order valence-corrected chi connectivity index (χ1v) is 12.5. The molecule has 3 nitrogen and oxygen atoms in total. The summed E-state index contributed by atoms with van der Waals surface area (Å²) in [5, 5.41) is 0. The Balaban J connectivity index is 2.82. The Morgan fingerprint density at radius 1 is 0.875 bits per heavy atom. The highest BCUT2D eigenvalue weighted by Crippen LogP contribution is 2.54. The molecule has 1 aliphatic heterocycles. The first-order chi connectivity index (χ1) is 11.6. The molecule has 0 bridgehead atoms. The molecule has 1 aliphatic rings. The average Bonchev–Trinajstić information content (AvgIpc) is 2.62. The standard InChI is InChI=1S/C20H42NO2P/c1-5-9-11-19(7-3)17-24(22,21-13-15-23-16-14-21)18-20(8-4)12-10-6-2/h19-20H,5-18H2,1-4H3. The summed E-state index contributed by atoms with van der Waals surface area (Å²) in [7, 11) is -2.27. The molecular weight excluding hydrogens is 317 g/mol. The summed E-state index contributed by atoms with van der Waals surface area (Å²) < 4.78 is 22.0. The van der Waals surface area contributed by atoms with E-state index in [-0.39, 0.29) is 0 Å². The van der Waals surface area contributed by atoms with Crippen LogP contribution in [0, 0.1) is 11.8 Å². The molecule has 24 heavy (non-hydrogen) atoms. The van der Waals surface area contributed by atoms with Gasteiger partial charge < -0.3 is 9.30 Å². The number of rotatable bonds is 13. The van der Waals surface area contributed by atoms with Gasteiger partial charge >= 0.3 is 0 Å². The normalized spacial score (nSPS) is 21.3. The van der Waals surface area contributed by atoms with Crippen molar-refractivity contribution in [3.63, 3.8) is 0 Å². The molecule has 0 aromatic carbocycles. The molecule has 1 rings (SSSR count). The van der Waals surface area contributed by atoms with Crippen molar-refractivity contribution in [3.05, 3.63) is 0 Å². The molecule has 0 spiro atoms. The van der Waals surface area contributed by atoms with Crippen LogP contribution in [0.3, 0.4) is 0 Å². The molecule has 4 heteroatoms. The van der Waals surface area contributed by atoms with E-state index in [4.69, 9.17) is 4.74 Å². The molecule has 0 amide bonds. The second-order valence-corrected chi connectivity index (χ2v) is 10.6. The van der Waals surface area contributed by atoms with E-state index in [9.17, 15) is 4.57 Å². The molecule has 2 unspecified atom stereocenters. The van der Waals surface area contributed by atoms with Gasteiger partial charge in [-0.15, -0.1) is 0 Å². The van der Waals surface area contributed by atoms with Crippen molar-refractivity contribution in [2.24, 2.45) is 11.8 Å². The van der Waals surface area contributed by atoms with Gasteiger partial charge in [-0.3, -0.25) is 0 Å². The molecule has 0 aromatic heterocycles. The first-order valence-electron chi connectivity index (χ1n) is 10.5. The van der Waals surface area contributed by atoms with E-state index in [2.05, 4.69) is 32.4 Å². The second-order valence-electron chi connectivity index (χ2n) is 7.61. The van der Waals surface area contributed by atoms with Crippen LogP contribution < -0.4 is 0 Å². The zero-order valence-corrected chi connectivity index (χ0v) is 17.7. The van der Waals surface area contributed by atoms with Gasteiger partial charge in [0.15, 0.2) is 7.29 Å². The lowest BCUT2D eigenvalue weighted by Gasteiger charge is -2.38. The highest BCUT2D eigenvalue weighted by molar-refractivity contribution is 7.61. The van der Waals surface area contributed by atoms with Crippen LogP contribution in [0.4, 0.5) is 0 Å². The van der Waals surface area contributed by atoms with Crippen LogP contribution in [0.15, 0.2) is 0 Å². The monoisotopic (exact) mass is 359 g/mol. The van der Waals surface area contributed by atoms with Crippen molar-refractivity contribution in [2.75, 3.05) is 38.6 Å². The predicted octanol–water partition coefficient (Wildman–Crippen LogP) is 6.03. The minimum atomic E-state index is -2.27. The maximum absolute atomic E-state index is 14.1. The van der Waals surface area contributed by atoms with Gasteiger partial charge in [0.1, 0.15) is 0 Å². The highest BCUT2D eigenvalue weighted by atomic mass is 31.2. The SMILES string of the molecule is CCCCC(CC)CP(=O)(CC(CC)CCCC)N1CCOCC1. The maximum Gasteiger partial charge on any atom is 0.151 e. The van der Waals surface area contributed by atoms with Gasteiger partial charge in [0.2, 0.25) is 0 Å². The van der Waals surface area contributed by atoms with E-state index in [1.54, 1.807) is 0 Å². The molecule has 0 aliphatic carbocycles. The van der Waals surface area contributed by atoms with E-state index < -0.39 is 7.29 Å². The van der Waals surface area contributed by atoms with E-state index in [1.165, 1.54) is 51.4 Å². The van der Waals surface area contributed by atoms with Crippen molar-refractivity contribution >= 4 is 7.29 Å². The van der Waals surface area contributed by atoms with Gasteiger partial charge in [-0.05, 0) is 24.7 Å². The number of nitrogens with zero attached hydrogens (tertiary/aromatic N) is 1. The van der Waals surface area contributed by atoms with E-state index in [0.717, 1.165) is 38.6 Å². The Bertz CT molecular complexity index is 334. The van der Waals surface area contributed by atoms with Crippen molar-refractivity contribution < 1.29 is 9.30 Å². The van der Waals surface area contributed by atoms with Crippen molar-refractivity contribution in [3.8, 4) is 0 Å². The van der Waals surface area contributed by atoms with Crippen LogP contribution in [0.5, 0.6) is 0 Å². The zero-order valence-electron chi connectivity index (χ0n) is 16.8. The fourth-order valence-electron chi connectivity index (χ4n) is 3.87. The Kier molecular flexibility index (Phi) is 11.6. The number of ether oxygens (including phenoxy) is 1. The quantitative estimate of drug-likeness (QED) is 0.376. The van der Waals surface area contributed by atoms with Crippen LogP contribution in [-0.2, 0) is 9.30 Å². The third kappa shape index (κ3) is 7.58. The third-order valence-corrected chi connectivity index (χ3v) is 9.28. The maximum atomic E-state index is 14.1. The summed E-state index contributed by atoms with van der Waals surface area (Å²) in [6, 6.07) is 0. The first kappa shape index (κ1) is 22.2. The number of hydrogen-bond acceptors (Lipinski definition) is 2. The van der Waals surface area contributed by atoms with Gasteiger partial charge in [0.25, 0.3) is 0 Å². The van der Waals surface area contributed by atoms with Gasteiger partial charge in [-0.2, -0.15) is 0 Å². The molecule has 144 valence electrons. The van der Waals surface area contributed by atoms with Gasteiger partial charge in [-0.1, -0.05) is 66.2 Å². The molecule has 1 heterocycles. The van der Waals surface area contributed by atoms with Crippen LogP contribution in [0.25, 0.3) is 0 Å². The van der Waals surface area contributed by atoms with Gasteiger partial charge in [0.05, 0.1) is 13.2 Å². The summed E-state index contributed by atoms with van der Waals surface area (Å²) >= 11 is 0. The Hall–Kier alpha value is 0.150. The van der Waals surface area contributed by atoms with Crippen LogP contribution in [0.1, 0.15) is 79.1 Å². The second kappa shape index (κ2) is 12.5. The minimum Gasteiger partial charge on any atom is -0.379 e. The lowest BCUT2D eigenvalue weighted by atomic mass is 10.0. The van der Waals surface area contributed by atoms with Crippen LogP contribution in [-0.4, -0.2) is 43.3 Å². The average molecular weight is 360 g/mol. The molecule has 0 radical (unpaired) electrons. The molecule has 1 saturated heterocycles. The highest BCUT2D eigenvalue weighted by Gasteiger charge is 2.35. The summed E-state index contributed by atoms with van der Waals surface area (Å²) in [5.74, 6) is 1.25. The van der Waals surface area contributed by atoms with Crippen LogP contribution >= 0.6 is 7.29 Å². The summed E-state index contributed by atoms with van der Waals surface area (Å²) in [6.45, 7) is 12.3. The largest absolute Gasteiger partial charge is 0.379 e. The van der Waals surface area contributed by atoms with Gasteiger partial charge in [-0.25, -0.2) is 4.67 Å². The Morgan fingerprint density at radius 2 is 1.33 bits per heavy atom. The summed E-state index contributed by atoms with van der Waals surface area (Å²) in [6.07, 6.45) is 11.7. The summed E-state index contributed by atoms with van der Waals surface area (Å²) in [5.41, 5.74) is 0. The smallest absolute Gasteiger partial charge is 0.151 e. The lowest BCUT2D eigenvalue weighted by molar-refractivity contribution is 0.0714.